The SMILES string of the molecule is Brc1ccc(Br)nc1.C=CCCBr.C=CCCN1C(=O)c2ccccc2C1=O.CCOC(=O)CCCCB1C2CCCC1CCC2.CCOC(=O)CCCCc1ccc(Br)cn1.CCOC(=O)CCCCc1ccc(CCCCN2C(=O)c3ccccc3C2=O)cn1.CN.CNC(=O)CCCCc1ccc(CCCCN)cn1.CNC(=O)CCCCc1ccc2c(n1)NCCCC2.O=C1[N-]C(=O)c2ccccc21.[H-].[K+].[Na+]. The maximum atomic E-state index is 12.4. The number of benzene rings is 3. The number of unbranched alkanes of at least 4 members (excludes halogenated alkanes) is 7. The third-order valence-electron chi connectivity index (χ3n) is 24.1. The number of alkyl halides is 1. The second kappa shape index (κ2) is 80.0. The average molecular weight is 2280 g/mol. The number of ether oxygens (including phenoxy) is 3. The van der Waals surface area contributed by atoms with Crippen molar-refractivity contribution >= 4 is 141 Å². The normalized spacial score (nSPS) is 13.8. The summed E-state index contributed by atoms with van der Waals surface area (Å²) in [5.74, 6) is 1.45. The minimum Gasteiger partial charge on any atom is -1.00 e. The summed E-state index contributed by atoms with van der Waals surface area (Å²) in [7, 11) is 4.86. The summed E-state index contributed by atoms with van der Waals surface area (Å²) in [5, 5.41) is 13.0. The van der Waals surface area contributed by atoms with Crippen molar-refractivity contribution in [1.82, 2.24) is 45.4 Å². The molecule has 7 N–H and O–H groups in total. The van der Waals surface area contributed by atoms with E-state index in [0.29, 0.717) is 105 Å². The number of nitrogens with one attached hydrogen (secondary N) is 3. The van der Waals surface area contributed by atoms with Crippen molar-refractivity contribution < 1.29 is 149 Å². The van der Waals surface area contributed by atoms with Gasteiger partial charge < -0.3 is 58.0 Å². The van der Waals surface area contributed by atoms with Crippen molar-refractivity contribution in [2.24, 2.45) is 11.5 Å². The zero-order chi connectivity index (χ0) is 104. The number of aromatic nitrogens is 5. The molecule has 34 heteroatoms. The van der Waals surface area contributed by atoms with Gasteiger partial charge in [0, 0.05) is 139 Å². The van der Waals surface area contributed by atoms with Crippen LogP contribution in [0.5, 0.6) is 0 Å². The van der Waals surface area contributed by atoms with Crippen molar-refractivity contribution in [1.29, 1.82) is 0 Å². The fourth-order valence-electron chi connectivity index (χ4n) is 16.6. The molecule has 0 spiro atoms. The summed E-state index contributed by atoms with van der Waals surface area (Å²) in [6, 6.07) is 41.0. The predicted molar refractivity (Wildman–Crippen MR) is 585 cm³/mol. The number of fused-ring (bicyclic) bond motifs is 6. The molecular weight excluding hydrogens is 2130 g/mol. The van der Waals surface area contributed by atoms with Gasteiger partial charge in [0.15, 0.2) is 0 Å². The number of amides is 8. The van der Waals surface area contributed by atoms with E-state index in [4.69, 9.17) is 24.9 Å². The fourth-order valence-corrected chi connectivity index (χ4v) is 17.7. The molecule has 0 aliphatic carbocycles. The zero-order valence-electron chi connectivity index (χ0n) is 87.6. The minimum atomic E-state index is -0.425. The Morgan fingerprint density at radius 2 is 0.855 bits per heavy atom. The minimum absolute atomic E-state index is 0. The molecular formula is C111H150BBr4KN13NaO14. The summed E-state index contributed by atoms with van der Waals surface area (Å²) < 4.78 is 17.6. The van der Waals surface area contributed by atoms with Gasteiger partial charge in [0.05, 0.1) is 53.9 Å². The van der Waals surface area contributed by atoms with E-state index >= 15 is 0 Å². The summed E-state index contributed by atoms with van der Waals surface area (Å²) in [6.07, 6.45) is 48.3. The summed E-state index contributed by atoms with van der Waals surface area (Å²) in [4.78, 5) is 150. The van der Waals surface area contributed by atoms with Gasteiger partial charge in [-0.15, -0.1) is 13.2 Å². The van der Waals surface area contributed by atoms with Gasteiger partial charge in [-0.05, 0) is 320 Å². The van der Waals surface area contributed by atoms with E-state index in [9.17, 15) is 52.7 Å². The standard InChI is InChI=1S/C24H28N2O4.C15H27BO2.C15H23N3O.C15H25N3O.C12H16BrNO2.C12H11NO2.C8H5NO2.C5H3Br2N.C4H7Br.CH5N.K.Na.H/c1-2-30-22(27)13-6-3-10-19-15-14-18(17-25-19)9-7-8-16-26-23(28)20-11-4-5-12-21(20)24(26)29;1-2-18-15(17)11-3-4-12-16-13-7-5-8-14(16)10-6-9-13;1-16-14(19)8-3-2-7-13-10-9-12-6-4-5-11-17-15(12)18-13;1-17-15(19)8-3-2-7-14-10-9-13(12-18-14)6-4-5-11-16;1-2-16-12(15)6-4-3-5-11-8-7-10(13)9-14-11;1-2-3-8-13-11(14)9-6-4-5-7-10(9)12(13)15;10-7-5-3-1-2-4-6(5)8(11)9-7;6-4-1-2-5(7)8-3-4;1-2-3-4-5;1-2;;;/h4-5,11-12,14-15,17H,2-3,6-10,13,16H2,1H3;13-14H,2-12H2,1H3;9-10H,2-8,11H2,1H3,(H,16,19)(H,17,18);9-10,12H,2-8,11,16H2,1H3,(H,17,19);7-9H,2-6H2,1H3;2,4-7H,1,3,8H2;1-4H,(H,9,10,11);1-3H;2H,1,3-4H2;2H2,1H3;;;/q;;;;;;;;;;2*+1;-1/p-1. The smallest absolute Gasteiger partial charge is 1.00 e. The zero-order valence-corrected chi connectivity index (χ0v) is 98.1. The number of nitrogens with two attached hydrogens (primary N) is 2. The number of carbonyl (C=O) groups excluding carboxylic acids is 11. The van der Waals surface area contributed by atoms with Gasteiger partial charge in [-0.1, -0.05) is 158 Å². The number of hydrogen-bond acceptors (Lipinski definition) is 22. The average Bonchev–Trinajstić information content (AvgIpc) is 1.64. The second-order valence-corrected chi connectivity index (χ2v) is 38.0. The molecule has 2 bridgehead atoms. The number of anilines is 1. The Kier molecular flexibility index (Phi) is 72.4. The summed E-state index contributed by atoms with van der Waals surface area (Å²) >= 11 is 13.1. The second-order valence-electron chi connectivity index (χ2n) is 34.6. The molecule has 3 aromatic carbocycles. The number of halogens is 4. The predicted octanol–water partition coefficient (Wildman–Crippen LogP) is 17.0. The van der Waals surface area contributed by atoms with Gasteiger partial charge in [0.2, 0.25) is 11.8 Å². The molecule has 11 heterocycles. The number of pyridine rings is 5. The molecule has 14 rings (SSSR count). The van der Waals surface area contributed by atoms with Crippen molar-refractivity contribution in [2.45, 2.75) is 270 Å². The maximum absolute atomic E-state index is 12.4. The number of imide groups is 3. The van der Waals surface area contributed by atoms with E-state index in [1.165, 1.54) is 92.1 Å². The van der Waals surface area contributed by atoms with E-state index in [-0.39, 0.29) is 136 Å². The van der Waals surface area contributed by atoms with Crippen LogP contribution in [0.15, 0.2) is 197 Å². The molecule has 0 saturated carbocycles. The van der Waals surface area contributed by atoms with Crippen LogP contribution in [0.2, 0.25) is 18.0 Å². The quantitative estimate of drug-likeness (QED) is 0.00347. The molecule has 776 valence electrons. The Bertz CT molecular complexity index is 5040. The molecule has 8 amide bonds. The number of esters is 3. The van der Waals surface area contributed by atoms with Crippen molar-refractivity contribution in [3.63, 3.8) is 0 Å². The van der Waals surface area contributed by atoms with Crippen LogP contribution in [0.3, 0.4) is 0 Å². The molecule has 2 fully saturated rings. The first-order valence-electron chi connectivity index (χ1n) is 50.6. The van der Waals surface area contributed by atoms with Gasteiger partial charge in [-0.2, -0.15) is 0 Å². The van der Waals surface area contributed by atoms with Crippen LogP contribution in [0, 0.1) is 0 Å². The molecule has 0 unspecified atom stereocenters. The Morgan fingerprint density at radius 3 is 1.23 bits per heavy atom. The monoisotopic (exact) mass is 2280 g/mol. The number of allylic oxidation sites excluding steroid dienone is 1. The number of carbonyl (C=O) groups is 11. The van der Waals surface area contributed by atoms with Crippen LogP contribution >= 0.6 is 63.7 Å². The number of aryl methyl sites for hydroxylation is 7. The van der Waals surface area contributed by atoms with Gasteiger partial charge in [-0.25, -0.2) is 9.97 Å². The van der Waals surface area contributed by atoms with Gasteiger partial charge in [-0.3, -0.25) is 67.9 Å². The van der Waals surface area contributed by atoms with Gasteiger partial charge in [0.25, 0.3) is 23.6 Å². The molecule has 5 aromatic heterocycles. The topological polar surface area (TPSA) is 389 Å². The van der Waals surface area contributed by atoms with E-state index in [1.54, 1.807) is 105 Å². The van der Waals surface area contributed by atoms with Crippen LogP contribution in [-0.4, -0.2) is 179 Å². The van der Waals surface area contributed by atoms with E-state index < -0.39 is 11.8 Å². The summed E-state index contributed by atoms with van der Waals surface area (Å²) in [6.45, 7) is 17.6. The van der Waals surface area contributed by atoms with E-state index in [2.05, 4.69) is 154 Å². The first-order chi connectivity index (χ1) is 69.4. The van der Waals surface area contributed by atoms with E-state index in [1.807, 2.05) is 69.6 Å². The molecule has 0 atom stereocenters. The summed E-state index contributed by atoms with van der Waals surface area (Å²) in [5.41, 5.74) is 20.9. The van der Waals surface area contributed by atoms with Crippen LogP contribution in [-0.2, 0) is 83.1 Å². The van der Waals surface area contributed by atoms with Crippen LogP contribution in [0.4, 0.5) is 5.82 Å². The Morgan fingerprint density at radius 1 is 0.469 bits per heavy atom. The molecule has 6 aliphatic heterocycles. The number of rotatable bonds is 42. The molecule has 2 saturated heterocycles. The van der Waals surface area contributed by atoms with Gasteiger partial charge >= 0.3 is 98.8 Å². The first kappa shape index (κ1) is 131. The largest absolute Gasteiger partial charge is 1.00 e. The Hall–Kier alpha value is -8.00. The molecule has 27 nitrogen and oxygen atoms in total. The fraction of sp³-hybridized carbons (Fsp3) is 0.477. The van der Waals surface area contributed by atoms with Crippen molar-refractivity contribution in [2.75, 3.05) is 77.8 Å². The molecule has 8 aromatic rings. The number of nitrogens with zero attached hydrogens (tertiary/aromatic N) is 8. The third-order valence-corrected chi connectivity index (χ3v) is 26.0. The van der Waals surface area contributed by atoms with Crippen molar-refractivity contribution in [3.8, 4) is 0 Å². The first-order valence-corrected chi connectivity index (χ1v) is 54.1. The Labute approximate surface area is 960 Å². The maximum Gasteiger partial charge on any atom is 1.00 e. The van der Waals surface area contributed by atoms with E-state index in [0.717, 1.165) is 219 Å². The van der Waals surface area contributed by atoms with Gasteiger partial charge in [0.1, 0.15) is 17.1 Å². The van der Waals surface area contributed by atoms with Crippen LogP contribution in [0.1, 0.15) is 310 Å². The molecule has 0 radical (unpaired) electrons. The molecule has 6 aliphatic rings. The Balaban J connectivity index is 0.000000568. The van der Waals surface area contributed by atoms with Crippen LogP contribution in [0.25, 0.3) is 5.32 Å². The van der Waals surface area contributed by atoms with Crippen LogP contribution < -0.4 is 108 Å². The molecule has 145 heavy (non-hydrogen) atoms. The van der Waals surface area contributed by atoms with Crippen molar-refractivity contribution in [3.05, 3.63) is 275 Å². The third kappa shape index (κ3) is 52.3. The number of hydrogen-bond donors (Lipinski definition) is 5.